The number of hydrogen-bond donors (Lipinski definition) is 3. The molecule has 6 atom stereocenters. The summed E-state index contributed by atoms with van der Waals surface area (Å²) in [4.78, 5) is 72.2. The molecule has 498 valence electrons. The molecule has 0 aliphatic heterocycles. The summed E-state index contributed by atoms with van der Waals surface area (Å²) in [6.45, 7) is 9.37. The SMILES string of the molecule is CCCCCCCCCCCCCCCCC(=O)O[C@H](COC(=O)CCCCCCCCCCCCC)COP(=O)(O)OC[C@@H](O)COP(=O)(O)OC[C@@H](COC(=O)CCCCCCCCC(C)C)OC(=O)CCCCCCCCC(C)CC. The maximum Gasteiger partial charge on any atom is 0.472 e. The van der Waals surface area contributed by atoms with Crippen molar-refractivity contribution in [2.45, 2.75) is 342 Å². The van der Waals surface area contributed by atoms with Crippen LogP contribution in [0.3, 0.4) is 0 Å². The van der Waals surface area contributed by atoms with Crippen molar-refractivity contribution in [3.63, 3.8) is 0 Å². The van der Waals surface area contributed by atoms with Gasteiger partial charge in [-0.25, -0.2) is 9.13 Å². The molecule has 0 bridgehead atoms. The van der Waals surface area contributed by atoms with Crippen molar-refractivity contribution in [1.82, 2.24) is 0 Å². The van der Waals surface area contributed by atoms with Crippen LogP contribution in [-0.2, 0) is 65.4 Å². The third-order valence-electron chi connectivity index (χ3n) is 15.3. The lowest BCUT2D eigenvalue weighted by atomic mass is 10.00. The fourth-order valence-corrected chi connectivity index (χ4v) is 11.3. The molecule has 3 N–H and O–H groups in total. The Labute approximate surface area is 511 Å². The second kappa shape index (κ2) is 57.5. The van der Waals surface area contributed by atoms with Gasteiger partial charge in [-0.3, -0.25) is 37.3 Å². The van der Waals surface area contributed by atoms with Crippen LogP contribution in [0.1, 0.15) is 324 Å². The second-order valence-electron chi connectivity index (χ2n) is 24.2. The second-order valence-corrected chi connectivity index (χ2v) is 27.1. The number of aliphatic hydroxyl groups is 1. The molecule has 0 rings (SSSR count). The Morgan fingerprint density at radius 1 is 0.345 bits per heavy atom. The van der Waals surface area contributed by atoms with Crippen molar-refractivity contribution in [3.05, 3.63) is 0 Å². The molecule has 0 aliphatic carbocycles. The number of unbranched alkanes of at least 4 members (excludes halogenated alkanes) is 33. The smallest absolute Gasteiger partial charge is 0.462 e. The summed E-state index contributed by atoms with van der Waals surface area (Å²) < 4.78 is 68.0. The first-order valence-corrected chi connectivity index (χ1v) is 37.0. The number of hydrogen-bond acceptors (Lipinski definition) is 15. The van der Waals surface area contributed by atoms with Crippen LogP contribution in [0.2, 0.25) is 0 Å². The zero-order valence-corrected chi connectivity index (χ0v) is 56.0. The van der Waals surface area contributed by atoms with Crippen LogP contribution in [0.25, 0.3) is 0 Å². The molecule has 19 heteroatoms. The molecular weight excluding hydrogens is 1110 g/mol. The van der Waals surface area contributed by atoms with Gasteiger partial charge in [0.1, 0.15) is 19.3 Å². The quantitative estimate of drug-likeness (QED) is 0.0222. The molecule has 0 aromatic carbocycles. The minimum Gasteiger partial charge on any atom is -0.462 e. The zero-order chi connectivity index (χ0) is 62.2. The Morgan fingerprint density at radius 2 is 0.607 bits per heavy atom. The summed E-state index contributed by atoms with van der Waals surface area (Å²) in [6.07, 6.45) is 40.4. The lowest BCUT2D eigenvalue weighted by molar-refractivity contribution is -0.161. The number of phosphoric acid groups is 2. The van der Waals surface area contributed by atoms with Gasteiger partial charge in [0, 0.05) is 25.7 Å². The minimum absolute atomic E-state index is 0.102. The number of carbonyl (C=O) groups is 4. The first-order valence-electron chi connectivity index (χ1n) is 34.0. The third-order valence-corrected chi connectivity index (χ3v) is 17.2. The van der Waals surface area contributed by atoms with E-state index in [1.54, 1.807) is 0 Å². The van der Waals surface area contributed by atoms with E-state index in [1.807, 2.05) is 0 Å². The van der Waals surface area contributed by atoms with E-state index in [1.165, 1.54) is 135 Å². The molecule has 0 amide bonds. The third kappa shape index (κ3) is 57.8. The molecule has 0 fully saturated rings. The average molecular weight is 1240 g/mol. The normalized spacial score (nSPS) is 14.6. The van der Waals surface area contributed by atoms with Crippen molar-refractivity contribution in [2.24, 2.45) is 11.8 Å². The van der Waals surface area contributed by atoms with Gasteiger partial charge in [0.2, 0.25) is 0 Å². The summed E-state index contributed by atoms with van der Waals surface area (Å²) in [6, 6.07) is 0. The van der Waals surface area contributed by atoms with Gasteiger partial charge >= 0.3 is 39.5 Å². The summed E-state index contributed by atoms with van der Waals surface area (Å²) in [5, 5.41) is 10.5. The van der Waals surface area contributed by atoms with E-state index in [4.69, 9.17) is 37.0 Å². The minimum atomic E-state index is -4.95. The summed E-state index contributed by atoms with van der Waals surface area (Å²) in [5.74, 6) is -0.735. The number of esters is 4. The molecule has 0 heterocycles. The zero-order valence-electron chi connectivity index (χ0n) is 54.2. The Morgan fingerprint density at radius 3 is 0.905 bits per heavy atom. The van der Waals surface area contributed by atoms with Gasteiger partial charge in [-0.05, 0) is 37.5 Å². The first kappa shape index (κ1) is 82.1. The van der Waals surface area contributed by atoms with Gasteiger partial charge in [0.15, 0.2) is 12.2 Å². The van der Waals surface area contributed by atoms with Crippen LogP contribution in [0.15, 0.2) is 0 Å². The number of phosphoric ester groups is 2. The topological polar surface area (TPSA) is 237 Å². The average Bonchev–Trinajstić information content (AvgIpc) is 3.48. The van der Waals surface area contributed by atoms with Crippen LogP contribution in [0.5, 0.6) is 0 Å². The molecule has 0 saturated heterocycles. The number of ether oxygens (including phenoxy) is 4. The standard InChI is InChI=1S/C65H126O17P2/c1-7-10-12-14-16-18-20-21-22-24-26-28-37-43-49-64(69)81-60(53-75-62(67)47-41-35-27-25-23-19-17-15-13-11-8-2)55-79-83(71,72)77-51-59(66)52-78-84(73,74)80-56-61(54-76-63(68)48-42-36-31-29-33-39-45-57(4)5)82-65(70)50-44-38-32-30-34-40-46-58(6)9-3/h57-61,66H,7-56H2,1-6H3,(H,71,72)(H,73,74)/t58?,59-,60-,61-/m1/s1. The van der Waals surface area contributed by atoms with E-state index in [0.29, 0.717) is 31.6 Å². The van der Waals surface area contributed by atoms with Crippen molar-refractivity contribution in [2.75, 3.05) is 39.6 Å². The Bertz CT molecular complexity index is 1650. The highest BCUT2D eigenvalue weighted by Gasteiger charge is 2.30. The van der Waals surface area contributed by atoms with Gasteiger partial charge < -0.3 is 33.8 Å². The molecular formula is C65H126O17P2. The predicted octanol–water partition coefficient (Wildman–Crippen LogP) is 18.0. The molecule has 3 unspecified atom stereocenters. The fourth-order valence-electron chi connectivity index (χ4n) is 9.68. The molecule has 0 aliphatic rings. The van der Waals surface area contributed by atoms with Crippen molar-refractivity contribution < 1.29 is 80.2 Å². The molecule has 0 aromatic heterocycles. The highest BCUT2D eigenvalue weighted by Crippen LogP contribution is 2.45. The number of aliphatic hydroxyl groups excluding tert-OH is 1. The highest BCUT2D eigenvalue weighted by atomic mass is 31.2. The van der Waals surface area contributed by atoms with Gasteiger partial charge in [-0.2, -0.15) is 0 Å². The molecule has 0 radical (unpaired) electrons. The Kier molecular flexibility index (Phi) is 56.2. The van der Waals surface area contributed by atoms with Crippen molar-refractivity contribution >= 4 is 39.5 Å². The van der Waals surface area contributed by atoms with Crippen LogP contribution in [0.4, 0.5) is 0 Å². The van der Waals surface area contributed by atoms with E-state index in [9.17, 15) is 43.2 Å². The van der Waals surface area contributed by atoms with E-state index in [0.717, 1.165) is 102 Å². The molecule has 84 heavy (non-hydrogen) atoms. The Hall–Kier alpha value is -1.94. The van der Waals surface area contributed by atoms with E-state index in [-0.39, 0.29) is 25.7 Å². The number of carbonyl (C=O) groups excluding carboxylic acids is 4. The lowest BCUT2D eigenvalue weighted by Crippen LogP contribution is -2.30. The molecule has 17 nitrogen and oxygen atoms in total. The maximum atomic E-state index is 13.0. The monoisotopic (exact) mass is 1240 g/mol. The largest absolute Gasteiger partial charge is 0.472 e. The molecule has 0 aromatic rings. The highest BCUT2D eigenvalue weighted by molar-refractivity contribution is 7.47. The molecule has 0 saturated carbocycles. The van der Waals surface area contributed by atoms with Crippen LogP contribution in [0, 0.1) is 11.8 Å². The van der Waals surface area contributed by atoms with Crippen molar-refractivity contribution in [1.29, 1.82) is 0 Å². The Balaban J connectivity index is 5.24. The van der Waals surface area contributed by atoms with E-state index >= 15 is 0 Å². The van der Waals surface area contributed by atoms with Gasteiger partial charge in [0.25, 0.3) is 0 Å². The first-order chi connectivity index (χ1) is 40.4. The van der Waals surface area contributed by atoms with E-state index < -0.39 is 97.5 Å². The van der Waals surface area contributed by atoms with Crippen LogP contribution in [-0.4, -0.2) is 96.7 Å². The summed E-state index contributed by atoms with van der Waals surface area (Å²) in [7, 11) is -9.89. The van der Waals surface area contributed by atoms with Crippen molar-refractivity contribution in [3.8, 4) is 0 Å². The maximum absolute atomic E-state index is 13.0. The number of rotatable bonds is 64. The van der Waals surface area contributed by atoms with Gasteiger partial charge in [0.05, 0.1) is 26.4 Å². The molecule has 0 spiro atoms. The van der Waals surface area contributed by atoms with Crippen LogP contribution >= 0.6 is 15.6 Å². The van der Waals surface area contributed by atoms with Gasteiger partial charge in [-0.1, -0.05) is 273 Å². The van der Waals surface area contributed by atoms with Crippen LogP contribution < -0.4 is 0 Å². The summed E-state index contributed by atoms with van der Waals surface area (Å²) >= 11 is 0. The summed E-state index contributed by atoms with van der Waals surface area (Å²) in [5.41, 5.74) is 0. The predicted molar refractivity (Wildman–Crippen MR) is 335 cm³/mol. The van der Waals surface area contributed by atoms with Gasteiger partial charge in [-0.15, -0.1) is 0 Å². The lowest BCUT2D eigenvalue weighted by Gasteiger charge is -2.21. The fraction of sp³-hybridized carbons (Fsp3) is 0.938. The van der Waals surface area contributed by atoms with E-state index in [2.05, 4.69) is 41.5 Å².